The van der Waals surface area contributed by atoms with E-state index >= 15 is 0 Å². The number of likely N-dealkylation sites (N-methyl/N-ethyl adjacent to an activating group) is 1. The quantitative estimate of drug-likeness (QED) is 0.840. The average molecular weight is 395 g/mol. The molecule has 1 aliphatic rings. The first kappa shape index (κ1) is 20.5. The smallest absolute Gasteiger partial charge is 0.306 e. The van der Waals surface area contributed by atoms with Crippen LogP contribution >= 0.6 is 0 Å². The van der Waals surface area contributed by atoms with Crippen molar-refractivity contribution in [2.24, 2.45) is 5.92 Å². The lowest BCUT2D eigenvalue weighted by atomic mass is 9.97. The largest absolute Gasteiger partial charge is 0.481 e. The van der Waals surface area contributed by atoms with Crippen LogP contribution < -0.4 is 0 Å². The maximum atomic E-state index is 12.8. The second-order valence-electron chi connectivity index (χ2n) is 7.35. The number of carboxylic acids is 1. The molecule has 0 spiro atoms. The lowest BCUT2D eigenvalue weighted by molar-refractivity contribution is -0.145. The summed E-state index contributed by atoms with van der Waals surface area (Å²) in [5.74, 6) is -1.64. The van der Waals surface area contributed by atoms with Gasteiger partial charge in [-0.25, -0.2) is 0 Å². The maximum Gasteiger partial charge on any atom is 0.306 e. The van der Waals surface area contributed by atoms with Gasteiger partial charge in [-0.15, -0.1) is 0 Å². The Morgan fingerprint density at radius 1 is 1.10 bits per heavy atom. The number of hydrogen-bond acceptors (Lipinski definition) is 4. The van der Waals surface area contributed by atoms with E-state index in [-0.39, 0.29) is 18.4 Å². The zero-order chi connectivity index (χ0) is 21.0. The number of hydrogen-bond donors (Lipinski definition) is 1. The Labute approximate surface area is 170 Å². The summed E-state index contributed by atoms with van der Waals surface area (Å²) >= 11 is 0. The van der Waals surface area contributed by atoms with E-state index in [0.717, 1.165) is 11.3 Å². The molecule has 0 saturated carbocycles. The Morgan fingerprint density at radius 3 is 2.34 bits per heavy atom. The number of aliphatic carboxylic acids is 1. The minimum atomic E-state index is -0.814. The molecule has 1 aromatic carbocycles. The Balaban J connectivity index is 1.63. The highest BCUT2D eigenvalue weighted by Gasteiger charge is 2.28. The van der Waals surface area contributed by atoms with Gasteiger partial charge in [0.25, 0.3) is 5.91 Å². The van der Waals surface area contributed by atoms with Crippen molar-refractivity contribution >= 4 is 17.8 Å². The van der Waals surface area contributed by atoms with E-state index in [1.54, 1.807) is 24.9 Å². The molecular formula is C22H25N3O4. The third-order valence-corrected chi connectivity index (χ3v) is 5.30. The summed E-state index contributed by atoms with van der Waals surface area (Å²) in [6, 6.07) is 13.3. The van der Waals surface area contributed by atoms with E-state index in [1.165, 1.54) is 4.90 Å². The molecule has 7 heteroatoms. The summed E-state index contributed by atoms with van der Waals surface area (Å²) in [5, 5.41) is 9.06. The number of rotatable bonds is 5. The monoisotopic (exact) mass is 395 g/mol. The fourth-order valence-corrected chi connectivity index (χ4v) is 3.51. The minimum Gasteiger partial charge on any atom is -0.481 e. The second kappa shape index (κ2) is 8.86. The number of aromatic nitrogens is 1. The number of carbonyl (C=O) groups excluding carboxylic acids is 2. The van der Waals surface area contributed by atoms with E-state index in [1.807, 2.05) is 36.4 Å². The molecule has 0 aliphatic carbocycles. The molecule has 1 N–H and O–H groups in total. The first-order valence-corrected chi connectivity index (χ1v) is 9.66. The number of benzene rings is 1. The van der Waals surface area contributed by atoms with E-state index in [2.05, 4.69) is 4.98 Å². The highest BCUT2D eigenvalue weighted by atomic mass is 16.4. The van der Waals surface area contributed by atoms with Crippen LogP contribution in [0.15, 0.2) is 42.5 Å². The van der Waals surface area contributed by atoms with Crippen LogP contribution in [0.3, 0.4) is 0 Å². The van der Waals surface area contributed by atoms with Crippen LogP contribution in [0.4, 0.5) is 0 Å². The summed E-state index contributed by atoms with van der Waals surface area (Å²) in [6.07, 6.45) is 0.894. The third-order valence-electron chi connectivity index (χ3n) is 5.30. The van der Waals surface area contributed by atoms with Crippen LogP contribution in [0.2, 0.25) is 0 Å². The van der Waals surface area contributed by atoms with Gasteiger partial charge in [0.2, 0.25) is 5.91 Å². The van der Waals surface area contributed by atoms with Gasteiger partial charge in [0.05, 0.1) is 29.4 Å². The summed E-state index contributed by atoms with van der Waals surface area (Å²) in [7, 11) is 1.59. The molecule has 0 unspecified atom stereocenters. The molecular weight excluding hydrogens is 370 g/mol. The Morgan fingerprint density at radius 2 is 1.76 bits per heavy atom. The Bertz CT molecular complexity index is 906. The molecule has 0 atom stereocenters. The van der Waals surface area contributed by atoms with Gasteiger partial charge in [-0.1, -0.05) is 30.3 Å². The molecule has 1 aromatic heterocycles. The van der Waals surface area contributed by atoms with Crippen molar-refractivity contribution in [3.8, 4) is 11.3 Å². The summed E-state index contributed by atoms with van der Waals surface area (Å²) < 4.78 is 0. The van der Waals surface area contributed by atoms with Gasteiger partial charge >= 0.3 is 5.97 Å². The standard InChI is InChI=1S/C22H25N3O4/c1-15-18(8-9-19(23-15)16-6-4-3-5-7-16)21(27)24(2)14-20(26)25-12-10-17(11-13-25)22(28)29/h3-9,17H,10-14H2,1-2H3,(H,28,29). The molecule has 0 bridgehead atoms. The van der Waals surface area contributed by atoms with E-state index in [9.17, 15) is 14.4 Å². The molecule has 152 valence electrons. The van der Waals surface area contributed by atoms with Crippen LogP contribution in [0.5, 0.6) is 0 Å². The fraction of sp³-hybridized carbons (Fsp3) is 0.364. The number of pyridine rings is 1. The SMILES string of the molecule is Cc1nc(-c2ccccc2)ccc1C(=O)N(C)CC(=O)N1CCC(C(=O)O)CC1. The minimum absolute atomic E-state index is 0.0452. The van der Waals surface area contributed by atoms with Gasteiger partial charge in [-0.2, -0.15) is 0 Å². The van der Waals surface area contributed by atoms with Gasteiger partial charge in [-0.3, -0.25) is 19.4 Å². The van der Waals surface area contributed by atoms with E-state index < -0.39 is 11.9 Å². The van der Waals surface area contributed by atoms with Gasteiger partial charge in [-0.05, 0) is 31.9 Å². The number of aryl methyl sites for hydroxylation is 1. The lowest BCUT2D eigenvalue weighted by Gasteiger charge is -2.31. The predicted molar refractivity (Wildman–Crippen MR) is 108 cm³/mol. The van der Waals surface area contributed by atoms with E-state index in [4.69, 9.17) is 5.11 Å². The van der Waals surface area contributed by atoms with E-state index in [0.29, 0.717) is 37.2 Å². The topological polar surface area (TPSA) is 90.8 Å². The molecule has 1 aliphatic heterocycles. The van der Waals surface area contributed by atoms with Crippen molar-refractivity contribution < 1.29 is 19.5 Å². The van der Waals surface area contributed by atoms with Crippen LogP contribution in [0.1, 0.15) is 28.9 Å². The van der Waals surface area contributed by atoms with Gasteiger partial charge in [0, 0.05) is 25.7 Å². The second-order valence-corrected chi connectivity index (χ2v) is 7.35. The van der Waals surface area contributed by atoms with Gasteiger partial charge < -0.3 is 14.9 Å². The van der Waals surface area contributed by atoms with Crippen LogP contribution in [-0.4, -0.2) is 64.4 Å². The number of carboxylic acid groups (broad SMARTS) is 1. The van der Waals surface area contributed by atoms with Crippen molar-refractivity contribution in [3.63, 3.8) is 0 Å². The summed E-state index contributed by atoms with van der Waals surface area (Å²) in [6.45, 7) is 2.55. The number of likely N-dealkylation sites (tertiary alicyclic amines) is 1. The number of carbonyl (C=O) groups is 3. The van der Waals surface area contributed by atoms with Crippen LogP contribution in [-0.2, 0) is 9.59 Å². The molecule has 1 fully saturated rings. The molecule has 7 nitrogen and oxygen atoms in total. The first-order valence-electron chi connectivity index (χ1n) is 9.66. The molecule has 2 amide bonds. The normalized spacial score (nSPS) is 14.5. The highest BCUT2D eigenvalue weighted by molar-refractivity contribution is 5.97. The molecule has 29 heavy (non-hydrogen) atoms. The molecule has 2 heterocycles. The van der Waals surface area contributed by atoms with Crippen molar-refractivity contribution in [1.29, 1.82) is 0 Å². The molecule has 2 aromatic rings. The Kier molecular flexibility index (Phi) is 6.26. The lowest BCUT2D eigenvalue weighted by Crippen LogP contribution is -2.45. The van der Waals surface area contributed by atoms with Crippen molar-refractivity contribution in [3.05, 3.63) is 53.7 Å². The molecule has 3 rings (SSSR count). The zero-order valence-electron chi connectivity index (χ0n) is 16.7. The summed E-state index contributed by atoms with van der Waals surface area (Å²) in [5.41, 5.74) is 2.84. The third kappa shape index (κ3) is 4.80. The maximum absolute atomic E-state index is 12.8. The van der Waals surface area contributed by atoms with Crippen LogP contribution in [0, 0.1) is 12.8 Å². The number of nitrogens with zero attached hydrogens (tertiary/aromatic N) is 3. The van der Waals surface area contributed by atoms with Crippen molar-refractivity contribution in [2.45, 2.75) is 19.8 Å². The zero-order valence-corrected chi connectivity index (χ0v) is 16.7. The number of piperidine rings is 1. The average Bonchev–Trinajstić information content (AvgIpc) is 2.73. The van der Waals surface area contributed by atoms with Gasteiger partial charge in [0.1, 0.15) is 0 Å². The Hall–Kier alpha value is -3.22. The number of amides is 2. The van der Waals surface area contributed by atoms with Crippen molar-refractivity contribution in [1.82, 2.24) is 14.8 Å². The van der Waals surface area contributed by atoms with Crippen LogP contribution in [0.25, 0.3) is 11.3 Å². The molecule has 0 radical (unpaired) electrons. The predicted octanol–water partition coefficient (Wildman–Crippen LogP) is 2.45. The highest BCUT2D eigenvalue weighted by Crippen LogP contribution is 2.20. The van der Waals surface area contributed by atoms with Crippen molar-refractivity contribution in [2.75, 3.05) is 26.7 Å². The summed E-state index contributed by atoms with van der Waals surface area (Å²) in [4.78, 5) is 43.9. The fourth-order valence-electron chi connectivity index (χ4n) is 3.51. The van der Waals surface area contributed by atoms with Gasteiger partial charge in [0.15, 0.2) is 0 Å². The first-order chi connectivity index (χ1) is 13.9. The molecule has 1 saturated heterocycles.